The molecule has 0 spiro atoms. The molecule has 0 unspecified atom stereocenters. The van der Waals surface area contributed by atoms with Crippen LogP contribution in [0.5, 0.6) is 0 Å². The minimum Gasteiger partial charge on any atom is -0.371 e. The third-order valence-corrected chi connectivity index (χ3v) is 4.45. The number of piperidine rings is 1. The van der Waals surface area contributed by atoms with Gasteiger partial charge in [-0.05, 0) is 37.1 Å². The zero-order valence-corrected chi connectivity index (χ0v) is 14.2. The van der Waals surface area contributed by atoms with Gasteiger partial charge in [0.05, 0.1) is 25.6 Å². The lowest BCUT2D eigenvalue weighted by Crippen LogP contribution is -2.34. The van der Waals surface area contributed by atoms with Crippen LogP contribution in [0.15, 0.2) is 24.3 Å². The predicted molar refractivity (Wildman–Crippen MR) is 86.5 cm³/mol. The van der Waals surface area contributed by atoms with Crippen LogP contribution in [0.25, 0.3) is 0 Å². The lowest BCUT2D eigenvalue weighted by Gasteiger charge is -2.31. The van der Waals surface area contributed by atoms with Crippen molar-refractivity contribution in [3.8, 4) is 0 Å². The van der Waals surface area contributed by atoms with E-state index in [9.17, 15) is 8.42 Å². The number of hydrogen-bond acceptors (Lipinski definition) is 5. The van der Waals surface area contributed by atoms with E-state index in [0.29, 0.717) is 10.9 Å². The lowest BCUT2D eigenvalue weighted by molar-refractivity contribution is -0.00899. The van der Waals surface area contributed by atoms with Crippen LogP contribution in [0.3, 0.4) is 0 Å². The van der Waals surface area contributed by atoms with Gasteiger partial charge in [-0.2, -0.15) is 8.42 Å². The molecule has 5 nitrogen and oxygen atoms in total. The van der Waals surface area contributed by atoms with Gasteiger partial charge in [0.1, 0.15) is 0 Å². The fraction of sp³-hybridized carbons (Fsp3) is 0.600. The fourth-order valence-electron chi connectivity index (χ4n) is 2.69. The van der Waals surface area contributed by atoms with E-state index in [4.69, 9.17) is 20.5 Å². The number of ether oxygens (including phenoxy) is 1. The molecule has 1 heterocycles. The van der Waals surface area contributed by atoms with Crippen molar-refractivity contribution in [2.75, 3.05) is 32.6 Å². The summed E-state index contributed by atoms with van der Waals surface area (Å²) in [4.78, 5) is 0. The first-order valence-corrected chi connectivity index (χ1v) is 9.57. The van der Waals surface area contributed by atoms with Crippen molar-refractivity contribution in [1.82, 2.24) is 5.32 Å². The Hall–Kier alpha value is -0.660. The average molecular weight is 348 g/mol. The van der Waals surface area contributed by atoms with Gasteiger partial charge in [0.2, 0.25) is 0 Å². The van der Waals surface area contributed by atoms with Crippen molar-refractivity contribution in [1.29, 1.82) is 0 Å². The maximum atomic E-state index is 11.0. The van der Waals surface area contributed by atoms with Gasteiger partial charge < -0.3 is 10.1 Å². The van der Waals surface area contributed by atoms with Crippen LogP contribution in [0, 0.1) is 5.92 Å². The molecule has 1 saturated heterocycles. The van der Waals surface area contributed by atoms with Crippen LogP contribution >= 0.6 is 11.6 Å². The van der Waals surface area contributed by atoms with E-state index in [0.717, 1.165) is 37.8 Å². The Balaban J connectivity index is 2.01. The van der Waals surface area contributed by atoms with Gasteiger partial charge in [-0.25, -0.2) is 0 Å². The smallest absolute Gasteiger partial charge is 0.264 e. The van der Waals surface area contributed by atoms with E-state index in [2.05, 4.69) is 5.32 Å². The molecule has 0 saturated carbocycles. The van der Waals surface area contributed by atoms with Crippen molar-refractivity contribution < 1.29 is 17.3 Å². The minimum atomic E-state index is -3.43. The van der Waals surface area contributed by atoms with E-state index in [1.807, 2.05) is 24.3 Å². The van der Waals surface area contributed by atoms with Gasteiger partial charge in [-0.15, -0.1) is 0 Å². The zero-order chi connectivity index (χ0) is 16.0. The summed E-state index contributed by atoms with van der Waals surface area (Å²) in [6.07, 6.45) is 3.09. The Kier molecular flexibility index (Phi) is 6.65. The molecule has 0 amide bonds. The second-order valence-electron chi connectivity index (χ2n) is 5.48. The van der Waals surface area contributed by atoms with Crippen LogP contribution in [-0.4, -0.2) is 41.0 Å². The van der Waals surface area contributed by atoms with E-state index < -0.39 is 10.1 Å². The van der Waals surface area contributed by atoms with Crippen LogP contribution in [0.2, 0.25) is 5.02 Å². The standard InChI is InChI=1S/C15H22ClNO4S/c1-22(18,19)21-9-8-20-15(13-5-3-7-17-11-13)12-4-2-6-14(16)10-12/h2,4,6,10,13,15,17H,3,5,7-9,11H2,1H3/t13-,15+/m1/s1. The molecule has 2 atom stereocenters. The predicted octanol–water partition coefficient (Wildman–Crippen LogP) is 2.37. The summed E-state index contributed by atoms with van der Waals surface area (Å²) >= 11 is 6.07. The maximum absolute atomic E-state index is 11.0. The van der Waals surface area contributed by atoms with Crippen LogP contribution < -0.4 is 5.32 Å². The molecule has 0 radical (unpaired) electrons. The third kappa shape index (κ3) is 5.85. The molecule has 0 aromatic heterocycles. The highest BCUT2D eigenvalue weighted by Gasteiger charge is 2.26. The second-order valence-corrected chi connectivity index (χ2v) is 7.56. The first-order chi connectivity index (χ1) is 10.5. The molecule has 2 rings (SSSR count). The third-order valence-electron chi connectivity index (χ3n) is 3.62. The molecule has 1 aliphatic rings. The highest BCUT2D eigenvalue weighted by Crippen LogP contribution is 2.31. The van der Waals surface area contributed by atoms with Crippen molar-refractivity contribution in [2.45, 2.75) is 18.9 Å². The average Bonchev–Trinajstić information content (AvgIpc) is 2.47. The molecule has 1 fully saturated rings. The Morgan fingerprint density at radius 1 is 1.41 bits per heavy atom. The summed E-state index contributed by atoms with van der Waals surface area (Å²) in [5.41, 5.74) is 1.01. The number of hydrogen-bond donors (Lipinski definition) is 1. The molecule has 1 aromatic rings. The highest BCUT2D eigenvalue weighted by atomic mass is 35.5. The second kappa shape index (κ2) is 8.26. The molecule has 1 N–H and O–H groups in total. The fourth-order valence-corrected chi connectivity index (χ4v) is 3.26. The van der Waals surface area contributed by atoms with Crippen LogP contribution in [-0.2, 0) is 19.0 Å². The van der Waals surface area contributed by atoms with Gasteiger partial charge in [-0.1, -0.05) is 23.7 Å². The van der Waals surface area contributed by atoms with Gasteiger partial charge >= 0.3 is 0 Å². The summed E-state index contributed by atoms with van der Waals surface area (Å²) in [5, 5.41) is 4.04. The quantitative estimate of drug-likeness (QED) is 0.606. The summed E-state index contributed by atoms with van der Waals surface area (Å²) in [6.45, 7) is 2.15. The SMILES string of the molecule is CS(=O)(=O)OCCO[C@@H](c1cccc(Cl)c1)[C@@H]1CCCNC1. The monoisotopic (exact) mass is 347 g/mol. The van der Waals surface area contributed by atoms with Crippen molar-refractivity contribution in [2.24, 2.45) is 5.92 Å². The molecule has 124 valence electrons. The maximum Gasteiger partial charge on any atom is 0.264 e. The summed E-state index contributed by atoms with van der Waals surface area (Å²) < 4.78 is 32.6. The van der Waals surface area contributed by atoms with Crippen molar-refractivity contribution >= 4 is 21.7 Å². The summed E-state index contributed by atoms with van der Waals surface area (Å²) in [6, 6.07) is 7.62. The first-order valence-electron chi connectivity index (χ1n) is 7.38. The molecule has 0 bridgehead atoms. The minimum absolute atomic E-state index is 0.0239. The zero-order valence-electron chi connectivity index (χ0n) is 12.6. The molecular formula is C15H22ClNO4S. The Morgan fingerprint density at radius 2 is 2.23 bits per heavy atom. The topological polar surface area (TPSA) is 64.6 Å². The molecule has 7 heteroatoms. The Labute approximate surface area is 137 Å². The Morgan fingerprint density at radius 3 is 2.86 bits per heavy atom. The first kappa shape index (κ1) is 17.7. The Bertz CT molecular complexity index is 573. The molecular weight excluding hydrogens is 326 g/mol. The van der Waals surface area contributed by atoms with E-state index in [1.54, 1.807) is 0 Å². The number of halogens is 1. The summed E-state index contributed by atoms with van der Waals surface area (Å²) in [5.74, 6) is 0.338. The van der Waals surface area contributed by atoms with E-state index in [-0.39, 0.29) is 19.3 Å². The lowest BCUT2D eigenvalue weighted by atomic mass is 9.89. The number of nitrogens with one attached hydrogen (secondary N) is 1. The molecule has 1 aliphatic heterocycles. The van der Waals surface area contributed by atoms with Gasteiger partial charge in [0, 0.05) is 17.5 Å². The van der Waals surface area contributed by atoms with Crippen LogP contribution in [0.4, 0.5) is 0 Å². The van der Waals surface area contributed by atoms with Crippen molar-refractivity contribution in [3.05, 3.63) is 34.9 Å². The molecule has 22 heavy (non-hydrogen) atoms. The van der Waals surface area contributed by atoms with Gasteiger partial charge in [-0.3, -0.25) is 4.18 Å². The van der Waals surface area contributed by atoms with E-state index >= 15 is 0 Å². The van der Waals surface area contributed by atoms with E-state index in [1.165, 1.54) is 0 Å². The molecule has 0 aliphatic carbocycles. The van der Waals surface area contributed by atoms with Gasteiger partial charge in [0.25, 0.3) is 10.1 Å². The van der Waals surface area contributed by atoms with Gasteiger partial charge in [0.15, 0.2) is 0 Å². The normalized spacial score (nSPS) is 20.7. The highest BCUT2D eigenvalue weighted by molar-refractivity contribution is 7.85. The summed E-state index contributed by atoms with van der Waals surface area (Å²) in [7, 11) is -3.43. The number of rotatable bonds is 7. The largest absolute Gasteiger partial charge is 0.371 e. The van der Waals surface area contributed by atoms with Crippen molar-refractivity contribution in [3.63, 3.8) is 0 Å². The molecule has 1 aromatic carbocycles. The number of benzene rings is 1. The van der Waals surface area contributed by atoms with Crippen LogP contribution in [0.1, 0.15) is 24.5 Å².